The van der Waals surface area contributed by atoms with Crippen molar-refractivity contribution in [2.45, 2.75) is 6.42 Å². The van der Waals surface area contributed by atoms with E-state index in [2.05, 4.69) is 22.6 Å². The van der Waals surface area contributed by atoms with Crippen LogP contribution in [0.3, 0.4) is 0 Å². The highest BCUT2D eigenvalue weighted by Gasteiger charge is 2.12. The molecule has 3 nitrogen and oxygen atoms in total. The van der Waals surface area contributed by atoms with Gasteiger partial charge in [0.05, 0.1) is 14.2 Å². The maximum Gasteiger partial charge on any atom is 0.164 e. The first kappa shape index (κ1) is 11.6. The van der Waals surface area contributed by atoms with Crippen molar-refractivity contribution in [2.24, 2.45) is 5.73 Å². The van der Waals surface area contributed by atoms with Gasteiger partial charge in [0.2, 0.25) is 0 Å². The van der Waals surface area contributed by atoms with E-state index in [4.69, 9.17) is 15.2 Å². The number of hydrogen-bond donors (Lipinski definition) is 1. The van der Waals surface area contributed by atoms with Crippen LogP contribution in [-0.4, -0.2) is 20.8 Å². The van der Waals surface area contributed by atoms with Gasteiger partial charge < -0.3 is 15.2 Å². The maximum atomic E-state index is 5.54. The quantitative estimate of drug-likeness (QED) is 0.863. The van der Waals surface area contributed by atoms with E-state index < -0.39 is 0 Å². The van der Waals surface area contributed by atoms with E-state index in [-0.39, 0.29) is 0 Å². The van der Waals surface area contributed by atoms with Gasteiger partial charge >= 0.3 is 0 Å². The molecule has 0 heterocycles. The number of rotatable bonds is 4. The molecular weight excluding hydrogens is 293 g/mol. The van der Waals surface area contributed by atoms with E-state index in [1.807, 2.05) is 12.1 Å². The maximum absolute atomic E-state index is 5.54. The lowest BCUT2D eigenvalue weighted by molar-refractivity contribution is 0.351. The van der Waals surface area contributed by atoms with Crippen LogP contribution < -0.4 is 15.2 Å². The van der Waals surface area contributed by atoms with Crippen LogP contribution in [0.25, 0.3) is 0 Å². The van der Waals surface area contributed by atoms with Crippen LogP contribution in [0.15, 0.2) is 12.1 Å². The van der Waals surface area contributed by atoms with E-state index in [9.17, 15) is 0 Å². The first-order valence-corrected chi connectivity index (χ1v) is 5.41. The van der Waals surface area contributed by atoms with Crippen LogP contribution in [0.2, 0.25) is 0 Å². The highest BCUT2D eigenvalue weighted by atomic mass is 127. The van der Waals surface area contributed by atoms with Crippen molar-refractivity contribution in [3.63, 3.8) is 0 Å². The smallest absolute Gasteiger partial charge is 0.164 e. The summed E-state index contributed by atoms with van der Waals surface area (Å²) in [5.74, 6) is 1.56. The number of ether oxygens (including phenoxy) is 2. The van der Waals surface area contributed by atoms with E-state index >= 15 is 0 Å². The number of hydrogen-bond acceptors (Lipinski definition) is 3. The van der Waals surface area contributed by atoms with Crippen LogP contribution in [0, 0.1) is 3.57 Å². The highest BCUT2D eigenvalue weighted by Crippen LogP contribution is 2.34. The summed E-state index contributed by atoms with van der Waals surface area (Å²) in [6.45, 7) is 0.611. The molecule has 0 saturated heterocycles. The Balaban J connectivity index is 3.20. The Kier molecular flexibility index (Phi) is 4.47. The van der Waals surface area contributed by atoms with Crippen LogP contribution in [0.4, 0.5) is 0 Å². The topological polar surface area (TPSA) is 44.5 Å². The summed E-state index contributed by atoms with van der Waals surface area (Å²) >= 11 is 2.27. The minimum Gasteiger partial charge on any atom is -0.493 e. The molecule has 0 aliphatic heterocycles. The second-order valence-electron chi connectivity index (χ2n) is 2.80. The Morgan fingerprint density at radius 2 is 2.00 bits per heavy atom. The van der Waals surface area contributed by atoms with E-state index in [1.54, 1.807) is 14.2 Å². The predicted molar refractivity (Wildman–Crippen MR) is 65.0 cm³/mol. The molecule has 78 valence electrons. The van der Waals surface area contributed by atoms with Gasteiger partial charge in [0.1, 0.15) is 0 Å². The Hall–Kier alpha value is -0.490. The molecule has 0 aliphatic carbocycles. The fourth-order valence-electron chi connectivity index (χ4n) is 1.34. The van der Waals surface area contributed by atoms with Crippen molar-refractivity contribution in [1.29, 1.82) is 0 Å². The second kappa shape index (κ2) is 5.41. The van der Waals surface area contributed by atoms with Crippen molar-refractivity contribution in [3.8, 4) is 11.5 Å². The van der Waals surface area contributed by atoms with Gasteiger partial charge in [-0.2, -0.15) is 0 Å². The predicted octanol–water partition coefficient (Wildman–Crippen LogP) is 1.81. The lowest BCUT2D eigenvalue weighted by Gasteiger charge is -2.13. The van der Waals surface area contributed by atoms with Gasteiger partial charge in [-0.15, -0.1) is 0 Å². The number of halogens is 1. The van der Waals surface area contributed by atoms with Crippen molar-refractivity contribution in [3.05, 3.63) is 21.3 Å². The lowest BCUT2D eigenvalue weighted by Crippen LogP contribution is -2.06. The van der Waals surface area contributed by atoms with Crippen molar-refractivity contribution < 1.29 is 9.47 Å². The van der Waals surface area contributed by atoms with Gasteiger partial charge in [0, 0.05) is 9.13 Å². The highest BCUT2D eigenvalue weighted by molar-refractivity contribution is 14.1. The molecule has 0 aromatic heterocycles. The molecule has 0 radical (unpaired) electrons. The third-order valence-corrected chi connectivity index (χ3v) is 3.00. The average Bonchev–Trinajstić information content (AvgIpc) is 2.21. The SMILES string of the molecule is COc1ccc(I)c(CCN)c1OC. The zero-order valence-electron chi connectivity index (χ0n) is 8.34. The molecule has 0 spiro atoms. The molecule has 0 saturated carbocycles. The van der Waals surface area contributed by atoms with Crippen LogP contribution in [0.1, 0.15) is 5.56 Å². The molecule has 0 atom stereocenters. The van der Waals surface area contributed by atoms with E-state index in [0.717, 1.165) is 27.1 Å². The molecule has 0 amide bonds. The average molecular weight is 307 g/mol. The first-order chi connectivity index (χ1) is 6.74. The monoisotopic (exact) mass is 307 g/mol. The molecule has 1 rings (SSSR count). The molecule has 1 aromatic rings. The van der Waals surface area contributed by atoms with Gasteiger partial charge in [-0.05, 0) is 47.7 Å². The zero-order chi connectivity index (χ0) is 10.6. The molecule has 14 heavy (non-hydrogen) atoms. The van der Waals surface area contributed by atoms with Crippen molar-refractivity contribution >= 4 is 22.6 Å². The van der Waals surface area contributed by atoms with Crippen molar-refractivity contribution in [2.75, 3.05) is 20.8 Å². The first-order valence-electron chi connectivity index (χ1n) is 4.34. The minimum atomic E-state index is 0.611. The molecule has 0 fully saturated rings. The molecule has 0 aliphatic rings. The van der Waals surface area contributed by atoms with Gasteiger partial charge in [-0.3, -0.25) is 0 Å². The molecule has 1 aromatic carbocycles. The summed E-state index contributed by atoms with van der Waals surface area (Å²) in [5, 5.41) is 0. The second-order valence-corrected chi connectivity index (χ2v) is 3.96. The summed E-state index contributed by atoms with van der Waals surface area (Å²) in [5.41, 5.74) is 6.67. The van der Waals surface area contributed by atoms with Gasteiger partial charge in [0.15, 0.2) is 11.5 Å². The molecule has 0 bridgehead atoms. The van der Waals surface area contributed by atoms with Crippen LogP contribution >= 0.6 is 22.6 Å². The molecule has 4 heteroatoms. The largest absolute Gasteiger partial charge is 0.493 e. The van der Waals surface area contributed by atoms with E-state index in [0.29, 0.717) is 6.54 Å². The summed E-state index contributed by atoms with van der Waals surface area (Å²) in [6, 6.07) is 3.91. The number of nitrogens with two attached hydrogens (primary N) is 1. The third-order valence-electron chi connectivity index (χ3n) is 1.99. The molecule has 2 N–H and O–H groups in total. The normalized spacial score (nSPS) is 10.0. The van der Waals surface area contributed by atoms with Crippen LogP contribution in [0.5, 0.6) is 11.5 Å². The summed E-state index contributed by atoms with van der Waals surface area (Å²) in [6.07, 6.45) is 0.804. The summed E-state index contributed by atoms with van der Waals surface area (Å²) < 4.78 is 11.7. The van der Waals surface area contributed by atoms with Crippen LogP contribution in [-0.2, 0) is 6.42 Å². The molecule has 0 unspecified atom stereocenters. The summed E-state index contributed by atoms with van der Waals surface area (Å²) in [4.78, 5) is 0. The third kappa shape index (κ3) is 2.30. The number of methoxy groups -OCH3 is 2. The lowest BCUT2D eigenvalue weighted by atomic mass is 10.1. The fourth-order valence-corrected chi connectivity index (χ4v) is 2.04. The number of benzene rings is 1. The van der Waals surface area contributed by atoms with Gasteiger partial charge in [0.25, 0.3) is 0 Å². The zero-order valence-corrected chi connectivity index (χ0v) is 10.5. The van der Waals surface area contributed by atoms with E-state index in [1.165, 1.54) is 0 Å². The van der Waals surface area contributed by atoms with Gasteiger partial charge in [-0.25, -0.2) is 0 Å². The molecular formula is C10H14INO2. The fraction of sp³-hybridized carbons (Fsp3) is 0.400. The summed E-state index contributed by atoms with van der Waals surface area (Å²) in [7, 11) is 3.28. The minimum absolute atomic E-state index is 0.611. The Bertz CT molecular complexity index is 315. The Morgan fingerprint density at radius 1 is 1.29 bits per heavy atom. The Labute approximate surface area is 97.7 Å². The van der Waals surface area contributed by atoms with Crippen molar-refractivity contribution in [1.82, 2.24) is 0 Å². The standard InChI is InChI=1S/C10H14INO2/c1-13-9-4-3-8(11)7(5-6-12)10(9)14-2/h3-4H,5-6,12H2,1-2H3. The Morgan fingerprint density at radius 3 is 2.50 bits per heavy atom. The van der Waals surface area contributed by atoms with Gasteiger partial charge in [-0.1, -0.05) is 0 Å².